The van der Waals surface area contributed by atoms with Gasteiger partial charge in [-0.05, 0) is 62.6 Å². The minimum Gasteiger partial charge on any atom is -0.492 e. The SMILES string of the molecule is CN(C)CCOc1ccc2[nH]c(C(=O)NCC#Cc3ccc(C(=O)NO)cc3)cc2c1.Cl. The van der Waals surface area contributed by atoms with Crippen molar-refractivity contribution in [3.05, 3.63) is 65.4 Å². The summed E-state index contributed by atoms with van der Waals surface area (Å²) in [6, 6.07) is 13.9. The van der Waals surface area contributed by atoms with E-state index in [4.69, 9.17) is 9.94 Å². The maximum absolute atomic E-state index is 12.4. The fraction of sp³-hybridized carbons (Fsp3) is 0.217. The Labute approximate surface area is 192 Å². The van der Waals surface area contributed by atoms with Gasteiger partial charge in [0.1, 0.15) is 18.1 Å². The van der Waals surface area contributed by atoms with Gasteiger partial charge in [0, 0.05) is 28.6 Å². The Hall–Kier alpha value is -3.51. The van der Waals surface area contributed by atoms with Crippen molar-refractivity contribution >= 4 is 35.1 Å². The van der Waals surface area contributed by atoms with Crippen molar-refractivity contribution in [2.75, 3.05) is 33.8 Å². The molecule has 168 valence electrons. The summed E-state index contributed by atoms with van der Waals surface area (Å²) < 4.78 is 5.73. The number of nitrogens with one attached hydrogen (secondary N) is 3. The number of hydrogen-bond acceptors (Lipinski definition) is 5. The fourth-order valence-electron chi connectivity index (χ4n) is 2.80. The molecule has 1 aromatic heterocycles. The highest BCUT2D eigenvalue weighted by Crippen LogP contribution is 2.21. The van der Waals surface area contributed by atoms with Gasteiger partial charge in [0.2, 0.25) is 0 Å². The lowest BCUT2D eigenvalue weighted by Gasteiger charge is -2.10. The summed E-state index contributed by atoms with van der Waals surface area (Å²) in [5, 5.41) is 12.3. The number of likely N-dealkylation sites (N-methyl/N-ethyl adjacent to an activating group) is 1. The Kier molecular flexibility index (Phi) is 9.10. The molecule has 0 unspecified atom stereocenters. The van der Waals surface area contributed by atoms with Crippen LogP contribution in [-0.2, 0) is 0 Å². The molecule has 8 nitrogen and oxygen atoms in total. The van der Waals surface area contributed by atoms with Crippen molar-refractivity contribution in [2.45, 2.75) is 0 Å². The fourth-order valence-corrected chi connectivity index (χ4v) is 2.80. The van der Waals surface area contributed by atoms with Crippen LogP contribution in [0.4, 0.5) is 0 Å². The third-order valence-electron chi connectivity index (χ3n) is 4.46. The summed E-state index contributed by atoms with van der Waals surface area (Å²) in [5.41, 5.74) is 3.88. The van der Waals surface area contributed by atoms with Gasteiger partial charge in [0.05, 0.1) is 6.54 Å². The summed E-state index contributed by atoms with van der Waals surface area (Å²) in [4.78, 5) is 28.8. The number of amides is 2. The number of halogens is 1. The molecule has 3 aromatic rings. The highest BCUT2D eigenvalue weighted by atomic mass is 35.5. The molecule has 0 saturated heterocycles. The zero-order chi connectivity index (χ0) is 22.2. The highest BCUT2D eigenvalue weighted by molar-refractivity contribution is 5.98. The molecular formula is C23H25ClN4O4. The lowest BCUT2D eigenvalue weighted by molar-refractivity contribution is 0.0706. The molecule has 9 heteroatoms. The average Bonchev–Trinajstić information content (AvgIpc) is 3.20. The van der Waals surface area contributed by atoms with Gasteiger partial charge in [0.15, 0.2) is 0 Å². The first-order valence-electron chi connectivity index (χ1n) is 9.68. The summed E-state index contributed by atoms with van der Waals surface area (Å²) >= 11 is 0. The third-order valence-corrected chi connectivity index (χ3v) is 4.46. The molecule has 4 N–H and O–H groups in total. The van der Waals surface area contributed by atoms with E-state index in [1.54, 1.807) is 35.8 Å². The van der Waals surface area contributed by atoms with E-state index < -0.39 is 5.91 Å². The zero-order valence-electron chi connectivity index (χ0n) is 17.8. The van der Waals surface area contributed by atoms with E-state index in [1.165, 1.54) is 0 Å². The van der Waals surface area contributed by atoms with Crippen LogP contribution in [-0.4, -0.2) is 60.7 Å². The minimum absolute atomic E-state index is 0. The van der Waals surface area contributed by atoms with Gasteiger partial charge in [0.25, 0.3) is 11.8 Å². The van der Waals surface area contributed by atoms with Gasteiger partial charge < -0.3 is 19.9 Å². The van der Waals surface area contributed by atoms with Crippen molar-refractivity contribution in [3.63, 3.8) is 0 Å². The summed E-state index contributed by atoms with van der Waals surface area (Å²) in [6.45, 7) is 1.58. The van der Waals surface area contributed by atoms with Gasteiger partial charge in [-0.25, -0.2) is 5.48 Å². The standard InChI is InChI=1S/C23H24N4O4.ClH/c1-27(2)12-13-31-19-9-10-20-18(14-19)15-21(25-20)23(29)24-11-3-4-16-5-7-17(8-6-16)22(28)26-30;/h5-10,14-15,25,30H,11-13H2,1-2H3,(H,24,29)(H,26,28);1H. The quantitative estimate of drug-likeness (QED) is 0.248. The van der Waals surface area contributed by atoms with E-state index in [-0.39, 0.29) is 24.9 Å². The molecule has 0 aliphatic heterocycles. The van der Waals surface area contributed by atoms with Gasteiger partial charge in [-0.1, -0.05) is 11.8 Å². The summed E-state index contributed by atoms with van der Waals surface area (Å²) in [5.74, 6) is 5.70. The Balaban J connectivity index is 0.00000363. The number of ether oxygens (including phenoxy) is 1. The normalized spacial score (nSPS) is 10.1. The maximum atomic E-state index is 12.4. The Morgan fingerprint density at radius 1 is 1.09 bits per heavy atom. The van der Waals surface area contributed by atoms with Gasteiger partial charge in [-0.15, -0.1) is 12.4 Å². The van der Waals surface area contributed by atoms with Crippen molar-refractivity contribution < 1.29 is 19.5 Å². The van der Waals surface area contributed by atoms with E-state index >= 15 is 0 Å². The van der Waals surface area contributed by atoms with E-state index in [2.05, 4.69) is 22.1 Å². The van der Waals surface area contributed by atoms with Crippen LogP contribution in [0.3, 0.4) is 0 Å². The average molecular weight is 457 g/mol. The Morgan fingerprint density at radius 3 is 2.53 bits per heavy atom. The largest absolute Gasteiger partial charge is 0.492 e. The Morgan fingerprint density at radius 2 is 1.84 bits per heavy atom. The number of rotatable bonds is 7. The first-order chi connectivity index (χ1) is 15.0. The van der Waals surface area contributed by atoms with Crippen LogP contribution < -0.4 is 15.5 Å². The molecule has 1 heterocycles. The highest BCUT2D eigenvalue weighted by Gasteiger charge is 2.09. The number of benzene rings is 2. The van der Waals surface area contributed by atoms with E-state index in [1.807, 2.05) is 37.2 Å². The Bertz CT molecular complexity index is 1130. The number of carbonyl (C=O) groups is 2. The molecule has 0 bridgehead atoms. The molecule has 0 aliphatic rings. The van der Waals surface area contributed by atoms with Crippen LogP contribution in [0, 0.1) is 11.8 Å². The van der Waals surface area contributed by atoms with E-state index in [0.717, 1.165) is 23.2 Å². The monoisotopic (exact) mass is 456 g/mol. The van der Waals surface area contributed by atoms with E-state index in [0.29, 0.717) is 23.4 Å². The number of H-pyrrole nitrogens is 1. The number of hydrogen-bond donors (Lipinski definition) is 4. The van der Waals surface area contributed by atoms with Crippen molar-refractivity contribution in [3.8, 4) is 17.6 Å². The van der Waals surface area contributed by atoms with Crippen LogP contribution in [0.15, 0.2) is 48.5 Å². The van der Waals surface area contributed by atoms with Crippen LogP contribution in [0.1, 0.15) is 26.4 Å². The topological polar surface area (TPSA) is 107 Å². The lowest BCUT2D eigenvalue weighted by atomic mass is 10.1. The molecule has 0 aliphatic carbocycles. The maximum Gasteiger partial charge on any atom is 0.274 e. The number of hydroxylamine groups is 1. The molecule has 0 fully saturated rings. The second-order valence-electron chi connectivity index (χ2n) is 7.09. The molecule has 0 atom stereocenters. The second-order valence-corrected chi connectivity index (χ2v) is 7.09. The zero-order valence-corrected chi connectivity index (χ0v) is 18.6. The third kappa shape index (κ3) is 6.75. The molecule has 2 aromatic carbocycles. The number of aromatic nitrogens is 1. The summed E-state index contributed by atoms with van der Waals surface area (Å²) in [7, 11) is 3.98. The molecular weight excluding hydrogens is 432 g/mol. The molecule has 0 saturated carbocycles. The van der Waals surface area contributed by atoms with Crippen LogP contribution in [0.2, 0.25) is 0 Å². The van der Waals surface area contributed by atoms with E-state index in [9.17, 15) is 9.59 Å². The smallest absolute Gasteiger partial charge is 0.274 e. The van der Waals surface area contributed by atoms with Crippen LogP contribution in [0.25, 0.3) is 10.9 Å². The lowest BCUT2D eigenvalue weighted by Crippen LogP contribution is -2.23. The molecule has 0 spiro atoms. The molecule has 32 heavy (non-hydrogen) atoms. The van der Waals surface area contributed by atoms with Gasteiger partial charge in [-0.3, -0.25) is 14.8 Å². The molecule has 0 radical (unpaired) electrons. The molecule has 2 amide bonds. The predicted octanol–water partition coefficient (Wildman–Crippen LogP) is 2.43. The minimum atomic E-state index is -0.586. The predicted molar refractivity (Wildman–Crippen MR) is 125 cm³/mol. The van der Waals surface area contributed by atoms with Crippen LogP contribution >= 0.6 is 12.4 Å². The van der Waals surface area contributed by atoms with Crippen molar-refractivity contribution in [1.82, 2.24) is 20.7 Å². The summed E-state index contributed by atoms with van der Waals surface area (Å²) in [6.07, 6.45) is 0. The number of fused-ring (bicyclic) bond motifs is 1. The van der Waals surface area contributed by atoms with Crippen molar-refractivity contribution in [1.29, 1.82) is 0 Å². The first kappa shape index (κ1) is 24.8. The number of aromatic amines is 1. The first-order valence-corrected chi connectivity index (χ1v) is 9.68. The number of carbonyl (C=O) groups excluding carboxylic acids is 2. The van der Waals surface area contributed by atoms with Crippen LogP contribution in [0.5, 0.6) is 5.75 Å². The molecule has 3 rings (SSSR count). The number of nitrogens with zero attached hydrogens (tertiary/aromatic N) is 1. The second kappa shape index (κ2) is 11.8. The van der Waals surface area contributed by atoms with Gasteiger partial charge >= 0.3 is 0 Å². The van der Waals surface area contributed by atoms with Crippen molar-refractivity contribution in [2.24, 2.45) is 0 Å². The van der Waals surface area contributed by atoms with Gasteiger partial charge in [-0.2, -0.15) is 0 Å².